The van der Waals surface area contributed by atoms with Crippen molar-refractivity contribution in [2.24, 2.45) is 0 Å². The summed E-state index contributed by atoms with van der Waals surface area (Å²) in [4.78, 5) is 0. The molecule has 2 aromatic rings. The molecule has 15 heavy (non-hydrogen) atoms. The average Bonchev–Trinajstić information content (AvgIpc) is 2.48. The van der Waals surface area contributed by atoms with Crippen molar-refractivity contribution in [2.45, 2.75) is 5.75 Å². The van der Waals surface area contributed by atoms with Crippen LogP contribution in [0.25, 0.3) is 5.65 Å². The summed E-state index contributed by atoms with van der Waals surface area (Å²) in [7, 11) is -3.12. The number of rotatable bonds is 2. The lowest BCUT2D eigenvalue weighted by molar-refractivity contribution is 0.599. The molecule has 2 aromatic heterocycles. The van der Waals surface area contributed by atoms with Gasteiger partial charge in [-0.1, -0.05) is 11.6 Å². The molecule has 0 aromatic carbocycles. The largest absolute Gasteiger partial charge is 0.284 e. The van der Waals surface area contributed by atoms with Crippen molar-refractivity contribution in [1.29, 1.82) is 0 Å². The van der Waals surface area contributed by atoms with E-state index in [0.29, 0.717) is 16.5 Å². The molecule has 7 heteroatoms. The minimum atomic E-state index is -3.12. The molecule has 0 amide bonds. The molecule has 0 N–H and O–H groups in total. The van der Waals surface area contributed by atoms with Crippen LogP contribution in [-0.2, 0) is 15.6 Å². The molecule has 0 saturated carbocycles. The first-order chi connectivity index (χ1) is 6.97. The van der Waals surface area contributed by atoms with Gasteiger partial charge >= 0.3 is 0 Å². The number of aromatic nitrogens is 3. The average molecular weight is 246 g/mol. The molecule has 0 atom stereocenters. The standard InChI is InChI=1S/C8H8ClN3O2S/c1-15(13,14)5-7-10-11-8-6(9)3-2-4-12(7)8/h2-4H,5H2,1H3. The number of pyridine rings is 1. The van der Waals surface area contributed by atoms with Crippen LogP contribution in [0, 0.1) is 0 Å². The van der Waals surface area contributed by atoms with Crippen LogP contribution in [0.3, 0.4) is 0 Å². The van der Waals surface area contributed by atoms with Crippen molar-refractivity contribution < 1.29 is 8.42 Å². The van der Waals surface area contributed by atoms with E-state index in [1.807, 2.05) is 0 Å². The first kappa shape index (κ1) is 10.4. The van der Waals surface area contributed by atoms with Crippen molar-refractivity contribution >= 4 is 27.1 Å². The van der Waals surface area contributed by atoms with E-state index in [1.54, 1.807) is 22.7 Å². The SMILES string of the molecule is CS(=O)(=O)Cc1nnc2c(Cl)cccn12. The fraction of sp³-hybridized carbons (Fsp3) is 0.250. The maximum absolute atomic E-state index is 11.1. The van der Waals surface area contributed by atoms with E-state index in [0.717, 1.165) is 6.26 Å². The smallest absolute Gasteiger partial charge is 0.179 e. The van der Waals surface area contributed by atoms with E-state index in [1.165, 1.54) is 0 Å². The molecule has 0 aliphatic rings. The highest BCUT2D eigenvalue weighted by Gasteiger charge is 2.12. The van der Waals surface area contributed by atoms with Gasteiger partial charge in [0.2, 0.25) is 0 Å². The molecule has 0 aliphatic heterocycles. The first-order valence-corrected chi connectivity index (χ1v) is 6.57. The fourth-order valence-electron chi connectivity index (χ4n) is 1.26. The van der Waals surface area contributed by atoms with Gasteiger partial charge in [0.1, 0.15) is 5.75 Å². The quantitative estimate of drug-likeness (QED) is 0.790. The third-order valence-electron chi connectivity index (χ3n) is 1.85. The lowest BCUT2D eigenvalue weighted by Crippen LogP contribution is -2.04. The second-order valence-electron chi connectivity index (χ2n) is 3.24. The molecule has 0 unspecified atom stereocenters. The number of fused-ring (bicyclic) bond motifs is 1. The molecule has 0 radical (unpaired) electrons. The molecule has 0 saturated heterocycles. The van der Waals surface area contributed by atoms with Gasteiger partial charge in [-0.05, 0) is 12.1 Å². The summed E-state index contributed by atoms with van der Waals surface area (Å²) in [5.41, 5.74) is 0.470. The van der Waals surface area contributed by atoms with Crippen LogP contribution in [0.4, 0.5) is 0 Å². The summed E-state index contributed by atoms with van der Waals surface area (Å²) in [6, 6.07) is 3.39. The monoisotopic (exact) mass is 245 g/mol. The highest BCUT2D eigenvalue weighted by molar-refractivity contribution is 7.89. The van der Waals surface area contributed by atoms with Gasteiger partial charge in [0.15, 0.2) is 21.3 Å². The third-order valence-corrected chi connectivity index (χ3v) is 2.93. The van der Waals surface area contributed by atoms with Crippen molar-refractivity contribution in [3.8, 4) is 0 Å². The van der Waals surface area contributed by atoms with Crippen molar-refractivity contribution in [1.82, 2.24) is 14.6 Å². The summed E-state index contributed by atoms with van der Waals surface area (Å²) in [6.07, 6.45) is 2.83. The molecule has 5 nitrogen and oxygen atoms in total. The fourth-order valence-corrected chi connectivity index (χ4v) is 2.13. The lowest BCUT2D eigenvalue weighted by Gasteiger charge is -1.98. The zero-order chi connectivity index (χ0) is 11.1. The van der Waals surface area contributed by atoms with Crippen molar-refractivity contribution in [3.05, 3.63) is 29.2 Å². The van der Waals surface area contributed by atoms with Crippen LogP contribution in [-0.4, -0.2) is 29.3 Å². The molecule has 0 bridgehead atoms. The molecule has 80 valence electrons. The zero-order valence-corrected chi connectivity index (χ0v) is 9.46. The Bertz CT molecular complexity index is 605. The Hall–Kier alpha value is -1.14. The normalized spacial score (nSPS) is 12.1. The van der Waals surface area contributed by atoms with E-state index in [4.69, 9.17) is 11.6 Å². The Morgan fingerprint density at radius 2 is 2.20 bits per heavy atom. The summed E-state index contributed by atoms with van der Waals surface area (Å²) in [5.74, 6) is 0.226. The maximum Gasteiger partial charge on any atom is 0.179 e. The van der Waals surface area contributed by atoms with E-state index in [2.05, 4.69) is 10.2 Å². The van der Waals surface area contributed by atoms with Crippen LogP contribution in [0.5, 0.6) is 0 Å². The number of nitrogens with zero attached hydrogens (tertiary/aromatic N) is 3. The highest BCUT2D eigenvalue weighted by Crippen LogP contribution is 2.16. The van der Waals surface area contributed by atoms with Crippen LogP contribution in [0.1, 0.15) is 5.82 Å². The van der Waals surface area contributed by atoms with Crippen LogP contribution in [0.2, 0.25) is 5.02 Å². The highest BCUT2D eigenvalue weighted by atomic mass is 35.5. The lowest BCUT2D eigenvalue weighted by atomic mass is 10.5. The van der Waals surface area contributed by atoms with Crippen LogP contribution < -0.4 is 0 Å². The Kier molecular flexibility index (Phi) is 2.40. The van der Waals surface area contributed by atoms with Gasteiger partial charge in [-0.25, -0.2) is 8.42 Å². The van der Waals surface area contributed by atoms with E-state index in [-0.39, 0.29) is 5.75 Å². The third kappa shape index (κ3) is 2.10. The Morgan fingerprint density at radius 1 is 1.47 bits per heavy atom. The zero-order valence-electron chi connectivity index (χ0n) is 7.88. The Morgan fingerprint density at radius 3 is 2.87 bits per heavy atom. The summed E-state index contributed by atoms with van der Waals surface area (Å²) < 4.78 is 23.8. The van der Waals surface area contributed by atoms with E-state index < -0.39 is 9.84 Å². The molecule has 2 rings (SSSR count). The van der Waals surface area contributed by atoms with Gasteiger partial charge in [-0.15, -0.1) is 10.2 Å². The summed E-state index contributed by atoms with van der Waals surface area (Å²) in [5, 5.41) is 8.06. The molecule has 2 heterocycles. The topological polar surface area (TPSA) is 64.3 Å². The van der Waals surface area contributed by atoms with Gasteiger partial charge in [-0.2, -0.15) is 0 Å². The first-order valence-electron chi connectivity index (χ1n) is 4.13. The van der Waals surface area contributed by atoms with Gasteiger partial charge in [0.25, 0.3) is 0 Å². The van der Waals surface area contributed by atoms with Crippen molar-refractivity contribution in [2.75, 3.05) is 6.26 Å². The van der Waals surface area contributed by atoms with Gasteiger partial charge in [0, 0.05) is 12.5 Å². The molecular weight excluding hydrogens is 238 g/mol. The maximum atomic E-state index is 11.1. The Balaban J connectivity index is 2.60. The van der Waals surface area contributed by atoms with Crippen LogP contribution >= 0.6 is 11.6 Å². The molecule has 0 spiro atoms. The molecular formula is C8H8ClN3O2S. The Labute approximate surface area is 91.6 Å². The van der Waals surface area contributed by atoms with Gasteiger partial charge in [-0.3, -0.25) is 4.40 Å². The van der Waals surface area contributed by atoms with Gasteiger partial charge < -0.3 is 0 Å². The van der Waals surface area contributed by atoms with Crippen molar-refractivity contribution in [3.63, 3.8) is 0 Å². The predicted octanol–water partition coefficient (Wildman–Crippen LogP) is 0.927. The van der Waals surface area contributed by atoms with E-state index >= 15 is 0 Å². The molecule has 0 aliphatic carbocycles. The van der Waals surface area contributed by atoms with E-state index in [9.17, 15) is 8.42 Å². The predicted molar refractivity (Wildman–Crippen MR) is 56.5 cm³/mol. The second-order valence-corrected chi connectivity index (χ2v) is 5.78. The summed E-state index contributed by atoms with van der Waals surface area (Å²) >= 11 is 5.87. The number of hydrogen-bond acceptors (Lipinski definition) is 4. The number of halogens is 1. The second kappa shape index (κ2) is 3.46. The minimum Gasteiger partial charge on any atom is -0.284 e. The van der Waals surface area contributed by atoms with Crippen LogP contribution in [0.15, 0.2) is 18.3 Å². The molecule has 0 fully saturated rings. The minimum absolute atomic E-state index is 0.144. The van der Waals surface area contributed by atoms with Gasteiger partial charge in [0.05, 0.1) is 5.02 Å². The summed E-state index contributed by atoms with van der Waals surface area (Å²) in [6.45, 7) is 0. The number of hydrogen-bond donors (Lipinski definition) is 0. The number of sulfone groups is 1.